The molecule has 4 heteroatoms. The summed E-state index contributed by atoms with van der Waals surface area (Å²) in [6.45, 7) is 8.81. The molecule has 0 unspecified atom stereocenters. The second-order valence-electron chi connectivity index (χ2n) is 8.00. The van der Waals surface area contributed by atoms with Crippen LogP contribution in [0.25, 0.3) is 0 Å². The minimum absolute atomic E-state index is 0.349. The summed E-state index contributed by atoms with van der Waals surface area (Å²) in [5, 5.41) is 4.60. The molecule has 0 aromatic carbocycles. The maximum Gasteiger partial charge on any atom is 0.135 e. The number of likely N-dealkylation sites (tertiary alicyclic amines) is 1. The van der Waals surface area contributed by atoms with Crippen LogP contribution in [0, 0.1) is 5.92 Å². The third-order valence-corrected chi connectivity index (χ3v) is 6.18. The van der Waals surface area contributed by atoms with Crippen molar-refractivity contribution in [2.45, 2.75) is 83.7 Å². The molecule has 1 saturated carbocycles. The smallest absolute Gasteiger partial charge is 0.135 e. The molecule has 3 rings (SSSR count). The lowest BCUT2D eigenvalue weighted by atomic mass is 9.81. The molecular weight excluding hydrogens is 298 g/mol. The normalized spacial score (nSPS) is 26.8. The molecule has 1 saturated heterocycles. The Kier molecular flexibility index (Phi) is 5.75. The second-order valence-corrected chi connectivity index (χ2v) is 8.00. The first-order chi connectivity index (χ1) is 11.6. The lowest BCUT2D eigenvalue weighted by molar-refractivity contribution is -0.123. The molecule has 1 aromatic rings. The van der Waals surface area contributed by atoms with Gasteiger partial charge in [0, 0.05) is 37.7 Å². The van der Waals surface area contributed by atoms with Crippen LogP contribution in [-0.4, -0.2) is 39.6 Å². The van der Waals surface area contributed by atoms with Crippen molar-refractivity contribution >= 4 is 5.78 Å². The number of nitrogens with zero attached hydrogens (tertiary/aromatic N) is 3. The van der Waals surface area contributed by atoms with Crippen LogP contribution in [0.5, 0.6) is 0 Å². The Morgan fingerprint density at radius 2 is 1.79 bits per heavy atom. The summed E-state index contributed by atoms with van der Waals surface area (Å²) in [5.74, 6) is 1.38. The zero-order chi connectivity index (χ0) is 17.1. The van der Waals surface area contributed by atoms with Gasteiger partial charge in [-0.15, -0.1) is 0 Å². The summed E-state index contributed by atoms with van der Waals surface area (Å²) in [6, 6.07) is 1.27. The second kappa shape index (κ2) is 7.81. The van der Waals surface area contributed by atoms with E-state index in [1.807, 2.05) is 13.1 Å². The largest absolute Gasteiger partial charge is 0.300 e. The van der Waals surface area contributed by atoms with Crippen LogP contribution in [0.15, 0.2) is 12.4 Å². The number of ketones is 1. The fourth-order valence-electron chi connectivity index (χ4n) is 4.42. The Morgan fingerprint density at radius 3 is 2.33 bits per heavy atom. The first kappa shape index (κ1) is 17.7. The Bertz CT molecular complexity index is 535. The van der Waals surface area contributed by atoms with Crippen molar-refractivity contribution < 1.29 is 4.79 Å². The van der Waals surface area contributed by atoms with E-state index in [1.165, 1.54) is 44.3 Å². The van der Waals surface area contributed by atoms with Crippen molar-refractivity contribution in [3.63, 3.8) is 0 Å². The molecule has 4 nitrogen and oxygen atoms in total. The molecule has 2 fully saturated rings. The number of hydrogen-bond acceptors (Lipinski definition) is 3. The molecule has 0 N–H and O–H groups in total. The topological polar surface area (TPSA) is 38.1 Å². The quantitative estimate of drug-likeness (QED) is 0.812. The van der Waals surface area contributed by atoms with E-state index in [0.29, 0.717) is 36.1 Å². The third-order valence-electron chi connectivity index (χ3n) is 6.18. The zero-order valence-corrected chi connectivity index (χ0v) is 15.6. The number of rotatable bonds is 5. The van der Waals surface area contributed by atoms with Crippen molar-refractivity contribution in [3.8, 4) is 0 Å². The predicted molar refractivity (Wildman–Crippen MR) is 97.2 cm³/mol. The molecule has 0 amide bonds. The number of Topliss-reactive ketones (excluding diaryl/α,β-unsaturated/α-hetero) is 1. The van der Waals surface area contributed by atoms with E-state index in [4.69, 9.17) is 0 Å². The molecule has 1 aliphatic carbocycles. The lowest BCUT2D eigenvalue weighted by Gasteiger charge is -2.40. The van der Waals surface area contributed by atoms with Gasteiger partial charge in [0.05, 0.1) is 12.2 Å². The summed E-state index contributed by atoms with van der Waals surface area (Å²) in [4.78, 5) is 14.6. The van der Waals surface area contributed by atoms with Crippen LogP contribution in [-0.2, 0) is 4.79 Å². The maximum absolute atomic E-state index is 11.9. The first-order valence-corrected chi connectivity index (χ1v) is 9.89. The summed E-state index contributed by atoms with van der Waals surface area (Å²) in [6.07, 6.45) is 12.0. The van der Waals surface area contributed by atoms with Gasteiger partial charge in [0.15, 0.2) is 0 Å². The molecule has 0 spiro atoms. The molecule has 0 bridgehead atoms. The van der Waals surface area contributed by atoms with Gasteiger partial charge >= 0.3 is 0 Å². The van der Waals surface area contributed by atoms with Crippen molar-refractivity contribution in [3.05, 3.63) is 18.0 Å². The average Bonchev–Trinajstić information content (AvgIpc) is 3.12. The highest BCUT2D eigenvalue weighted by molar-refractivity contribution is 5.80. The fraction of sp³-hybridized carbons (Fsp3) is 0.800. The van der Waals surface area contributed by atoms with E-state index in [2.05, 4.69) is 34.7 Å². The fourth-order valence-corrected chi connectivity index (χ4v) is 4.42. The monoisotopic (exact) mass is 331 g/mol. The number of hydrogen-bond donors (Lipinski definition) is 0. The minimum atomic E-state index is 0.349. The van der Waals surface area contributed by atoms with Crippen LogP contribution in [0.3, 0.4) is 0 Å². The molecule has 1 aromatic heterocycles. The Labute approximate surface area is 146 Å². The van der Waals surface area contributed by atoms with Crippen molar-refractivity contribution in [2.24, 2.45) is 5.92 Å². The van der Waals surface area contributed by atoms with Crippen LogP contribution in [0.2, 0.25) is 0 Å². The standard InChI is InChI=1S/C20H33N3O/c1-4-20(24)16-5-7-18(8-6-16)22-11-9-19(10-12-22)23-14-17(13-21-23)15(2)3/h13-16,18-19H,4-12H2,1-3H3. The Balaban J connectivity index is 1.48. The number of carbonyl (C=O) groups is 1. The van der Waals surface area contributed by atoms with Crippen molar-refractivity contribution in [1.82, 2.24) is 14.7 Å². The molecule has 0 atom stereocenters. The van der Waals surface area contributed by atoms with Gasteiger partial charge in [-0.05, 0) is 50.0 Å². The van der Waals surface area contributed by atoms with Gasteiger partial charge in [-0.25, -0.2) is 0 Å². The predicted octanol–water partition coefficient (Wildman–Crippen LogP) is 4.18. The zero-order valence-electron chi connectivity index (χ0n) is 15.6. The van der Waals surface area contributed by atoms with Gasteiger partial charge in [-0.1, -0.05) is 20.8 Å². The summed E-state index contributed by atoms with van der Waals surface area (Å²) >= 11 is 0. The van der Waals surface area contributed by atoms with Gasteiger partial charge in [0.1, 0.15) is 5.78 Å². The third kappa shape index (κ3) is 3.90. The van der Waals surface area contributed by atoms with E-state index >= 15 is 0 Å². The van der Waals surface area contributed by atoms with Crippen LogP contribution in [0.4, 0.5) is 0 Å². The Morgan fingerprint density at radius 1 is 1.12 bits per heavy atom. The van der Waals surface area contributed by atoms with Gasteiger partial charge in [-0.3, -0.25) is 9.48 Å². The van der Waals surface area contributed by atoms with Gasteiger partial charge in [0.25, 0.3) is 0 Å². The minimum Gasteiger partial charge on any atom is -0.300 e. The average molecular weight is 332 g/mol. The number of aromatic nitrogens is 2. The molecule has 134 valence electrons. The maximum atomic E-state index is 11.9. The molecular formula is C20H33N3O. The van der Waals surface area contributed by atoms with Crippen LogP contribution < -0.4 is 0 Å². The molecule has 2 heterocycles. The van der Waals surface area contributed by atoms with Crippen LogP contribution in [0.1, 0.15) is 83.2 Å². The molecule has 2 aliphatic rings. The molecule has 24 heavy (non-hydrogen) atoms. The van der Waals surface area contributed by atoms with Crippen molar-refractivity contribution in [1.29, 1.82) is 0 Å². The number of carbonyl (C=O) groups excluding carboxylic acids is 1. The van der Waals surface area contributed by atoms with Gasteiger partial charge in [-0.2, -0.15) is 5.10 Å². The highest BCUT2D eigenvalue weighted by Gasteiger charge is 2.31. The first-order valence-electron chi connectivity index (χ1n) is 9.89. The number of piperidine rings is 1. The van der Waals surface area contributed by atoms with E-state index < -0.39 is 0 Å². The SMILES string of the molecule is CCC(=O)C1CCC(N2CCC(n3cc(C(C)C)cn3)CC2)CC1. The lowest BCUT2D eigenvalue weighted by Crippen LogP contribution is -2.44. The highest BCUT2D eigenvalue weighted by Crippen LogP contribution is 2.32. The summed E-state index contributed by atoms with van der Waals surface area (Å²) < 4.78 is 2.20. The van der Waals surface area contributed by atoms with Gasteiger partial charge in [0.2, 0.25) is 0 Å². The van der Waals surface area contributed by atoms with E-state index in [9.17, 15) is 4.79 Å². The van der Waals surface area contributed by atoms with E-state index in [-0.39, 0.29) is 0 Å². The summed E-state index contributed by atoms with van der Waals surface area (Å²) in [5.41, 5.74) is 1.34. The molecule has 0 radical (unpaired) electrons. The van der Waals surface area contributed by atoms with Gasteiger partial charge < -0.3 is 4.90 Å². The van der Waals surface area contributed by atoms with Crippen molar-refractivity contribution in [2.75, 3.05) is 13.1 Å². The van der Waals surface area contributed by atoms with E-state index in [0.717, 1.165) is 12.8 Å². The van der Waals surface area contributed by atoms with Crippen LogP contribution >= 0.6 is 0 Å². The molecule has 1 aliphatic heterocycles. The Hall–Kier alpha value is -1.16. The summed E-state index contributed by atoms with van der Waals surface area (Å²) in [7, 11) is 0. The van der Waals surface area contributed by atoms with E-state index in [1.54, 1.807) is 0 Å². The highest BCUT2D eigenvalue weighted by atomic mass is 16.1.